The number of piperidine rings is 1. The number of hydrogen-bond acceptors (Lipinski definition) is 2. The van der Waals surface area contributed by atoms with Crippen LogP contribution in [-0.2, 0) is 4.74 Å². The van der Waals surface area contributed by atoms with Gasteiger partial charge in [0.15, 0.2) is 0 Å². The fraction of sp³-hybridized carbons (Fsp3) is 0.778. The monoisotopic (exact) mass is 385 g/mol. The van der Waals surface area contributed by atoms with Crippen LogP contribution in [0.4, 0.5) is 26.3 Å². The summed E-state index contributed by atoms with van der Waals surface area (Å²) in [6.45, 7) is 4.26. The van der Waals surface area contributed by atoms with Gasteiger partial charge in [-0.2, -0.15) is 26.3 Å². The molecule has 0 amide bonds. The lowest BCUT2D eigenvalue weighted by Gasteiger charge is -2.40. The maximum absolute atomic E-state index is 13.7. The van der Waals surface area contributed by atoms with E-state index < -0.39 is 35.5 Å². The molecule has 1 aliphatic carbocycles. The summed E-state index contributed by atoms with van der Waals surface area (Å²) in [7, 11) is 0. The van der Waals surface area contributed by atoms with E-state index in [1.807, 2.05) is 4.90 Å². The van der Waals surface area contributed by atoms with Gasteiger partial charge in [0, 0.05) is 6.54 Å². The second kappa shape index (κ2) is 7.54. The highest BCUT2D eigenvalue weighted by atomic mass is 19.4. The van der Waals surface area contributed by atoms with Crippen molar-refractivity contribution < 1.29 is 31.1 Å². The fourth-order valence-corrected chi connectivity index (χ4v) is 3.33. The lowest BCUT2D eigenvalue weighted by molar-refractivity contribution is -0.364. The number of hydrogen-bond donors (Lipinski definition) is 0. The van der Waals surface area contributed by atoms with Gasteiger partial charge in [0.05, 0.1) is 6.61 Å². The van der Waals surface area contributed by atoms with Gasteiger partial charge in [0.25, 0.3) is 5.60 Å². The predicted molar refractivity (Wildman–Crippen MR) is 86.7 cm³/mol. The minimum atomic E-state index is -5.61. The molecular formula is C18H25F6NO. The maximum atomic E-state index is 13.7. The van der Waals surface area contributed by atoms with E-state index in [1.54, 1.807) is 13.8 Å². The number of likely N-dealkylation sites (tertiary alicyclic amines) is 1. The number of halogens is 6. The van der Waals surface area contributed by atoms with Crippen LogP contribution in [0.1, 0.15) is 39.5 Å². The van der Waals surface area contributed by atoms with E-state index in [0.29, 0.717) is 13.1 Å². The molecule has 0 spiro atoms. The first-order chi connectivity index (χ1) is 11.9. The van der Waals surface area contributed by atoms with Gasteiger partial charge in [-0.15, -0.1) is 0 Å². The number of rotatable bonds is 5. The lowest BCUT2D eigenvalue weighted by atomic mass is 9.79. The Morgan fingerprint density at radius 3 is 2.04 bits per heavy atom. The Bertz CT molecular complexity index is 527. The van der Waals surface area contributed by atoms with Gasteiger partial charge in [-0.25, -0.2) is 0 Å². The molecule has 0 atom stereocenters. The van der Waals surface area contributed by atoms with E-state index in [2.05, 4.69) is 4.74 Å². The topological polar surface area (TPSA) is 12.5 Å². The first-order valence-corrected chi connectivity index (χ1v) is 8.79. The maximum Gasteiger partial charge on any atom is 0.430 e. The summed E-state index contributed by atoms with van der Waals surface area (Å²) in [6.07, 6.45) is -5.02. The molecule has 2 nitrogen and oxygen atoms in total. The zero-order valence-corrected chi connectivity index (χ0v) is 15.0. The smallest absolute Gasteiger partial charge is 0.353 e. The van der Waals surface area contributed by atoms with E-state index in [9.17, 15) is 26.3 Å². The van der Waals surface area contributed by atoms with Crippen LogP contribution in [0.3, 0.4) is 0 Å². The van der Waals surface area contributed by atoms with Gasteiger partial charge in [-0.1, -0.05) is 38.5 Å². The molecule has 0 aromatic rings. The van der Waals surface area contributed by atoms with E-state index in [0.717, 1.165) is 31.4 Å². The number of allylic oxidation sites excluding steroid dienone is 2. The van der Waals surface area contributed by atoms with Crippen molar-refractivity contribution in [1.82, 2.24) is 4.90 Å². The molecule has 0 radical (unpaired) electrons. The summed E-state index contributed by atoms with van der Waals surface area (Å²) in [5.74, 6) is 0. The third-order valence-corrected chi connectivity index (χ3v) is 4.94. The van der Waals surface area contributed by atoms with Crippen LogP contribution in [0.15, 0.2) is 23.8 Å². The molecule has 0 saturated carbocycles. The largest absolute Gasteiger partial charge is 0.430 e. The molecule has 0 bridgehead atoms. The molecule has 150 valence electrons. The highest BCUT2D eigenvalue weighted by molar-refractivity contribution is 5.37. The number of nitrogens with zero attached hydrogens (tertiary/aromatic N) is 1. The molecule has 0 N–H and O–H groups in total. The minimum Gasteiger partial charge on any atom is -0.353 e. The molecule has 1 heterocycles. The average Bonchev–Trinajstić information content (AvgIpc) is 2.51. The fourth-order valence-electron chi connectivity index (χ4n) is 3.33. The Labute approximate surface area is 149 Å². The Balaban J connectivity index is 2.26. The average molecular weight is 385 g/mol. The Morgan fingerprint density at radius 1 is 1.00 bits per heavy atom. The predicted octanol–water partition coefficient (Wildman–Crippen LogP) is 5.26. The molecule has 8 heteroatoms. The van der Waals surface area contributed by atoms with Crippen molar-refractivity contribution in [3.63, 3.8) is 0 Å². The molecule has 0 aromatic carbocycles. The number of alkyl halides is 6. The Hall–Kier alpha value is -1.02. The second-order valence-corrected chi connectivity index (χ2v) is 7.61. The van der Waals surface area contributed by atoms with Gasteiger partial charge in [0.2, 0.25) is 0 Å². The van der Waals surface area contributed by atoms with Crippen LogP contribution in [-0.4, -0.2) is 49.1 Å². The molecule has 0 aromatic heterocycles. The van der Waals surface area contributed by atoms with Crippen LogP contribution >= 0.6 is 0 Å². The van der Waals surface area contributed by atoms with Crippen molar-refractivity contribution in [2.45, 2.75) is 57.5 Å². The molecule has 2 aliphatic rings. The number of ether oxygens (including phenoxy) is 1. The van der Waals surface area contributed by atoms with Crippen molar-refractivity contribution in [2.75, 3.05) is 26.2 Å². The molecular weight excluding hydrogens is 360 g/mol. The van der Waals surface area contributed by atoms with E-state index in [1.165, 1.54) is 6.08 Å². The second-order valence-electron chi connectivity index (χ2n) is 7.61. The molecule has 1 fully saturated rings. The molecule has 2 rings (SSSR count). The van der Waals surface area contributed by atoms with Crippen molar-refractivity contribution in [1.29, 1.82) is 0 Å². The third kappa shape index (κ3) is 4.44. The van der Waals surface area contributed by atoms with Crippen molar-refractivity contribution in [3.8, 4) is 0 Å². The standard InChI is InChI=1S/C18H25F6NO/c1-15(2)8-6-14(7-9-15)16(17(19,20)21,18(22,23)24)26-13-12-25-10-4-3-5-11-25/h6-8H,3-5,9-13H2,1-2H3. The van der Waals surface area contributed by atoms with Crippen LogP contribution in [0.2, 0.25) is 0 Å². The zero-order chi connectivity index (χ0) is 19.6. The van der Waals surface area contributed by atoms with Crippen molar-refractivity contribution in [2.24, 2.45) is 5.41 Å². The van der Waals surface area contributed by atoms with Crippen LogP contribution < -0.4 is 0 Å². The first kappa shape index (κ1) is 21.3. The van der Waals surface area contributed by atoms with E-state index in [4.69, 9.17) is 0 Å². The Kier molecular flexibility index (Phi) is 6.17. The highest BCUT2D eigenvalue weighted by Gasteiger charge is 2.74. The highest BCUT2D eigenvalue weighted by Crippen LogP contribution is 2.52. The van der Waals surface area contributed by atoms with E-state index in [-0.39, 0.29) is 13.0 Å². The lowest BCUT2D eigenvalue weighted by Crippen LogP contribution is -2.60. The summed E-state index contributed by atoms with van der Waals surface area (Å²) < 4.78 is 86.7. The molecule has 1 aliphatic heterocycles. The summed E-state index contributed by atoms with van der Waals surface area (Å²) in [4.78, 5) is 1.84. The summed E-state index contributed by atoms with van der Waals surface area (Å²) >= 11 is 0. The van der Waals surface area contributed by atoms with Crippen LogP contribution in [0, 0.1) is 5.41 Å². The van der Waals surface area contributed by atoms with E-state index >= 15 is 0 Å². The van der Waals surface area contributed by atoms with Gasteiger partial charge in [0.1, 0.15) is 0 Å². The summed E-state index contributed by atoms with van der Waals surface area (Å²) in [6, 6.07) is 0. The summed E-state index contributed by atoms with van der Waals surface area (Å²) in [5, 5.41) is 0. The minimum absolute atomic E-state index is 0.0520. The van der Waals surface area contributed by atoms with Gasteiger partial charge in [-0.05, 0) is 43.3 Å². The quantitative estimate of drug-likeness (QED) is 0.598. The first-order valence-electron chi connectivity index (χ1n) is 8.79. The molecule has 1 saturated heterocycles. The van der Waals surface area contributed by atoms with Crippen LogP contribution in [0.5, 0.6) is 0 Å². The van der Waals surface area contributed by atoms with Gasteiger partial charge in [-0.3, -0.25) is 0 Å². The van der Waals surface area contributed by atoms with Crippen LogP contribution in [0.25, 0.3) is 0 Å². The normalized spacial score (nSPS) is 22.4. The third-order valence-electron chi connectivity index (χ3n) is 4.94. The van der Waals surface area contributed by atoms with Crippen molar-refractivity contribution >= 4 is 0 Å². The van der Waals surface area contributed by atoms with Gasteiger partial charge < -0.3 is 9.64 Å². The Morgan fingerprint density at radius 2 is 1.58 bits per heavy atom. The van der Waals surface area contributed by atoms with Crippen molar-refractivity contribution in [3.05, 3.63) is 23.8 Å². The molecule has 26 heavy (non-hydrogen) atoms. The SMILES string of the molecule is CC1(C)C=CC(C(OCCN2CCCCC2)(C(F)(F)F)C(F)(F)F)=CC1. The van der Waals surface area contributed by atoms with Gasteiger partial charge >= 0.3 is 12.4 Å². The zero-order valence-electron chi connectivity index (χ0n) is 15.0. The molecule has 0 unspecified atom stereocenters. The summed E-state index contributed by atoms with van der Waals surface area (Å²) in [5.41, 5.74) is -5.65.